The van der Waals surface area contributed by atoms with Gasteiger partial charge in [-0.2, -0.15) is 8.42 Å². The topological polar surface area (TPSA) is 140 Å². The van der Waals surface area contributed by atoms with Crippen molar-refractivity contribution in [3.63, 3.8) is 0 Å². The van der Waals surface area contributed by atoms with Crippen LogP contribution in [0.5, 0.6) is 5.75 Å². The van der Waals surface area contributed by atoms with E-state index in [1.807, 2.05) is 46.9 Å². The molecular weight excluding hydrogens is 484 g/mol. The number of rotatable bonds is 4. The summed E-state index contributed by atoms with van der Waals surface area (Å²) in [4.78, 5) is 16.9. The zero-order chi connectivity index (χ0) is 26.3. The number of hydrogen-bond donors (Lipinski definition) is 3. The first-order chi connectivity index (χ1) is 16.8. The van der Waals surface area contributed by atoms with Gasteiger partial charge in [0.15, 0.2) is 17.4 Å². The Labute approximate surface area is 211 Å². The molecule has 0 saturated carbocycles. The molecule has 1 amide bonds. The van der Waals surface area contributed by atoms with Gasteiger partial charge >= 0.3 is 10.2 Å². The van der Waals surface area contributed by atoms with Crippen LogP contribution in [0.4, 0.5) is 5.69 Å². The summed E-state index contributed by atoms with van der Waals surface area (Å²) >= 11 is 0. The Hall–Kier alpha value is -3.38. The maximum atomic E-state index is 13.0. The Bertz CT molecular complexity index is 1320. The fourth-order valence-corrected chi connectivity index (χ4v) is 4.87. The average molecular weight is 517 g/mol. The summed E-state index contributed by atoms with van der Waals surface area (Å²) in [5, 5.41) is 16.9. The zero-order valence-electron chi connectivity index (χ0n) is 21.1. The van der Waals surface area contributed by atoms with Crippen molar-refractivity contribution in [3.05, 3.63) is 47.4 Å². The molecule has 12 heteroatoms. The number of piperazine rings is 1. The monoisotopic (exact) mass is 516 g/mol. The van der Waals surface area contributed by atoms with Crippen molar-refractivity contribution in [2.45, 2.75) is 33.7 Å². The van der Waals surface area contributed by atoms with Crippen LogP contribution in [-0.2, 0) is 10.2 Å². The highest BCUT2D eigenvalue weighted by Gasteiger charge is 2.34. The summed E-state index contributed by atoms with van der Waals surface area (Å²) in [6, 6.07) is 7.92. The van der Waals surface area contributed by atoms with Gasteiger partial charge in [0.05, 0.1) is 17.3 Å². The van der Waals surface area contributed by atoms with Crippen LogP contribution in [0, 0.1) is 12.3 Å². The number of phenols is 1. The molecular formula is C24H32N6O5S. The zero-order valence-corrected chi connectivity index (χ0v) is 21.9. The van der Waals surface area contributed by atoms with Crippen molar-refractivity contribution in [1.82, 2.24) is 15.1 Å². The molecule has 0 bridgehead atoms. The van der Waals surface area contributed by atoms with Crippen LogP contribution < -0.4 is 10.6 Å². The Balaban J connectivity index is 1.60. The number of nitrogens with zero attached hydrogens (tertiary/aromatic N) is 4. The van der Waals surface area contributed by atoms with Crippen LogP contribution in [-0.4, -0.2) is 74.1 Å². The van der Waals surface area contributed by atoms with E-state index in [0.29, 0.717) is 18.8 Å². The third-order valence-electron chi connectivity index (χ3n) is 6.14. The molecule has 1 saturated heterocycles. The maximum absolute atomic E-state index is 13.0. The molecule has 36 heavy (non-hydrogen) atoms. The quantitative estimate of drug-likeness (QED) is 0.527. The molecule has 1 atom stereocenters. The van der Waals surface area contributed by atoms with E-state index < -0.39 is 16.3 Å². The number of likely N-dealkylation sites (N-methyl/N-ethyl adjacent to an activating group) is 1. The molecule has 0 spiro atoms. The second kappa shape index (κ2) is 9.58. The predicted octanol–water partition coefficient (Wildman–Crippen LogP) is 2.53. The molecule has 11 nitrogen and oxygen atoms in total. The fraction of sp³-hybridized carbons (Fsp3) is 0.458. The van der Waals surface area contributed by atoms with Crippen molar-refractivity contribution in [1.29, 1.82) is 0 Å². The third-order valence-corrected chi connectivity index (χ3v) is 6.97. The summed E-state index contributed by atoms with van der Waals surface area (Å²) < 4.78 is 37.9. The van der Waals surface area contributed by atoms with Gasteiger partial charge in [-0.15, -0.1) is 8.80 Å². The first kappa shape index (κ1) is 25.7. The number of hydrogen-bond acceptors (Lipinski definition) is 8. The number of para-hydroxylation sites is 1. The molecule has 1 aromatic carbocycles. The van der Waals surface area contributed by atoms with E-state index in [1.165, 1.54) is 12.1 Å². The minimum absolute atomic E-state index is 0.0147. The number of anilines is 1. The van der Waals surface area contributed by atoms with Gasteiger partial charge in [0.2, 0.25) is 0 Å². The molecule has 1 fully saturated rings. The largest absolute Gasteiger partial charge is 0.505 e. The lowest BCUT2D eigenvalue weighted by molar-refractivity contribution is 0.0661. The second-order valence-corrected chi connectivity index (χ2v) is 11.4. The number of furan rings is 1. The summed E-state index contributed by atoms with van der Waals surface area (Å²) in [6.07, 6.45) is 0. The van der Waals surface area contributed by atoms with Crippen molar-refractivity contribution >= 4 is 33.5 Å². The van der Waals surface area contributed by atoms with Crippen LogP contribution in [0.2, 0.25) is 0 Å². The minimum Gasteiger partial charge on any atom is -0.505 e. The number of carbonyl (C=O) groups excluding carboxylic acids is 1. The molecule has 3 N–H and O–H groups in total. The molecule has 2 aliphatic heterocycles. The molecule has 1 aromatic heterocycles. The minimum atomic E-state index is -4.14. The van der Waals surface area contributed by atoms with Crippen molar-refractivity contribution in [2.24, 2.45) is 14.2 Å². The summed E-state index contributed by atoms with van der Waals surface area (Å²) in [7, 11) is -2.14. The van der Waals surface area contributed by atoms with Gasteiger partial charge in [0, 0.05) is 26.2 Å². The number of nitrogens with one attached hydrogen (secondary N) is 2. The van der Waals surface area contributed by atoms with E-state index in [1.54, 1.807) is 11.0 Å². The molecule has 4 rings (SSSR count). The van der Waals surface area contributed by atoms with Crippen LogP contribution in [0.1, 0.15) is 48.7 Å². The van der Waals surface area contributed by atoms with Crippen molar-refractivity contribution < 1.29 is 22.7 Å². The van der Waals surface area contributed by atoms with E-state index >= 15 is 0 Å². The molecule has 194 valence electrons. The summed E-state index contributed by atoms with van der Waals surface area (Å²) in [6.45, 7) is 10.4. The average Bonchev–Trinajstić information content (AvgIpc) is 3.34. The number of phenolic OH excluding ortho intramolecular Hbond substituents is 1. The lowest BCUT2D eigenvalue weighted by Gasteiger charge is -2.32. The molecule has 2 aliphatic rings. The van der Waals surface area contributed by atoms with E-state index in [2.05, 4.69) is 24.3 Å². The number of carbonyl (C=O) groups is 1. The third kappa shape index (κ3) is 5.54. The van der Waals surface area contributed by atoms with Gasteiger partial charge < -0.3 is 30.0 Å². The van der Waals surface area contributed by atoms with Gasteiger partial charge in [-0.05, 0) is 43.7 Å². The molecule has 0 aliphatic carbocycles. The Morgan fingerprint density at radius 1 is 1.08 bits per heavy atom. The van der Waals surface area contributed by atoms with Gasteiger partial charge in [-0.3, -0.25) is 4.79 Å². The fourth-order valence-electron chi connectivity index (χ4n) is 4.10. The van der Waals surface area contributed by atoms with Crippen molar-refractivity contribution in [3.8, 4) is 5.75 Å². The van der Waals surface area contributed by atoms with Crippen LogP contribution >= 0.6 is 0 Å². The van der Waals surface area contributed by atoms with Gasteiger partial charge in [-0.1, -0.05) is 26.8 Å². The number of amides is 1. The van der Waals surface area contributed by atoms with Crippen LogP contribution in [0.25, 0.3) is 0 Å². The van der Waals surface area contributed by atoms with E-state index in [4.69, 9.17) is 4.42 Å². The Morgan fingerprint density at radius 2 is 1.75 bits per heavy atom. The normalized spacial score (nSPS) is 19.0. The van der Waals surface area contributed by atoms with Gasteiger partial charge in [0.1, 0.15) is 11.5 Å². The molecule has 3 heterocycles. The summed E-state index contributed by atoms with van der Waals surface area (Å²) in [5.41, 5.74) is -0.112. The summed E-state index contributed by atoms with van der Waals surface area (Å²) in [5.74, 6) is 0.654. The number of amidine groups is 2. The van der Waals surface area contributed by atoms with Gasteiger partial charge in [-0.25, -0.2) is 0 Å². The van der Waals surface area contributed by atoms with Crippen molar-refractivity contribution in [2.75, 3.05) is 38.5 Å². The standard InChI is InChI=1S/C24H32N6O5S/c1-15-9-10-18(35-15)20(24(2,3)4)26-22-21(27-36(33,34)28-22)25-17-8-6-7-16(19(17)31)23(32)30-13-11-29(5)12-14-30/h6-10,20,31H,11-14H2,1-5H3,(H,25,27)(H,26,28). The lowest BCUT2D eigenvalue weighted by Crippen LogP contribution is -2.47. The second-order valence-electron chi connectivity index (χ2n) is 10.1. The number of aromatic hydroxyl groups is 1. The van der Waals surface area contributed by atoms with E-state index in [-0.39, 0.29) is 40.0 Å². The number of aryl methyl sites for hydroxylation is 1. The number of benzene rings is 1. The van der Waals surface area contributed by atoms with E-state index in [0.717, 1.165) is 18.8 Å². The smallest absolute Gasteiger partial charge is 0.367 e. The molecule has 1 unspecified atom stereocenters. The molecule has 2 aromatic rings. The maximum Gasteiger partial charge on any atom is 0.367 e. The Morgan fingerprint density at radius 3 is 2.36 bits per heavy atom. The SMILES string of the molecule is Cc1ccc(C(NC2=NS(=O)(=O)N=C2Nc2cccc(C(=O)N3CCN(C)CC3)c2O)C(C)(C)C)o1. The highest BCUT2D eigenvalue weighted by molar-refractivity contribution is 7.89. The van der Waals surface area contributed by atoms with Crippen LogP contribution in [0.15, 0.2) is 43.5 Å². The van der Waals surface area contributed by atoms with E-state index in [9.17, 15) is 18.3 Å². The first-order valence-electron chi connectivity index (χ1n) is 11.7. The first-order valence-corrected chi connectivity index (χ1v) is 13.1. The lowest BCUT2D eigenvalue weighted by atomic mass is 9.85. The molecule has 0 radical (unpaired) electrons. The highest BCUT2D eigenvalue weighted by atomic mass is 32.2. The predicted molar refractivity (Wildman–Crippen MR) is 138 cm³/mol. The highest BCUT2D eigenvalue weighted by Crippen LogP contribution is 2.35. The van der Waals surface area contributed by atoms with Gasteiger partial charge in [0.25, 0.3) is 5.91 Å². The Kier molecular flexibility index (Phi) is 6.84. The van der Waals surface area contributed by atoms with Crippen LogP contribution in [0.3, 0.4) is 0 Å².